The van der Waals surface area contributed by atoms with Crippen LogP contribution < -0.4 is 10.5 Å². The normalized spacial score (nSPS) is 10.3. The van der Waals surface area contributed by atoms with Crippen LogP contribution in [0.25, 0.3) is 0 Å². The van der Waals surface area contributed by atoms with Crippen LogP contribution in [0, 0.1) is 6.92 Å². The number of hydrogen-bond donors (Lipinski definition) is 1. The molecule has 2 rings (SSSR count). The number of aryl methyl sites for hydroxylation is 1. The smallest absolute Gasteiger partial charge is 0.219 e. The minimum absolute atomic E-state index is 0.482. The molecule has 0 amide bonds. The van der Waals surface area contributed by atoms with Crippen molar-refractivity contribution >= 4 is 11.6 Å². The number of nitrogens with two attached hydrogens (primary N) is 1. The zero-order valence-corrected chi connectivity index (χ0v) is 10.2. The molecule has 0 bridgehead atoms. The monoisotopic (exact) mass is 248 g/mol. The fourth-order valence-corrected chi connectivity index (χ4v) is 1.66. The van der Waals surface area contributed by atoms with Crippen molar-refractivity contribution in [1.29, 1.82) is 0 Å². The zero-order chi connectivity index (χ0) is 12.3. The van der Waals surface area contributed by atoms with Crippen LogP contribution in [0.4, 0.5) is 0 Å². The first-order valence-corrected chi connectivity index (χ1v) is 5.66. The third kappa shape index (κ3) is 2.96. The Morgan fingerprint density at radius 3 is 2.82 bits per heavy atom. The molecule has 1 aromatic heterocycles. The Morgan fingerprint density at radius 1 is 1.35 bits per heavy atom. The van der Waals surface area contributed by atoms with E-state index in [9.17, 15) is 0 Å². The lowest BCUT2D eigenvalue weighted by atomic mass is 10.2. The van der Waals surface area contributed by atoms with Crippen molar-refractivity contribution in [1.82, 2.24) is 4.98 Å². The summed E-state index contributed by atoms with van der Waals surface area (Å²) in [4.78, 5) is 4.19. The van der Waals surface area contributed by atoms with Crippen molar-refractivity contribution in [3.8, 4) is 11.6 Å². The lowest BCUT2D eigenvalue weighted by molar-refractivity contribution is 0.462. The van der Waals surface area contributed by atoms with Crippen LogP contribution in [-0.2, 0) is 6.54 Å². The SMILES string of the molecule is Cc1cc(Oc2cccc(Cl)c2)ncc1CN. The third-order valence-corrected chi connectivity index (χ3v) is 2.67. The summed E-state index contributed by atoms with van der Waals surface area (Å²) in [5, 5.41) is 0.637. The summed E-state index contributed by atoms with van der Waals surface area (Å²) in [5.41, 5.74) is 7.66. The number of halogens is 1. The predicted octanol–water partition coefficient (Wildman–Crippen LogP) is 3.29. The van der Waals surface area contributed by atoms with E-state index in [0.29, 0.717) is 23.2 Å². The molecule has 0 fully saturated rings. The van der Waals surface area contributed by atoms with E-state index in [1.165, 1.54) is 0 Å². The molecule has 88 valence electrons. The molecular weight excluding hydrogens is 236 g/mol. The van der Waals surface area contributed by atoms with Crippen LogP contribution in [-0.4, -0.2) is 4.98 Å². The fourth-order valence-electron chi connectivity index (χ4n) is 1.48. The van der Waals surface area contributed by atoms with Gasteiger partial charge in [0.2, 0.25) is 5.88 Å². The Labute approximate surface area is 105 Å². The van der Waals surface area contributed by atoms with E-state index in [1.807, 2.05) is 25.1 Å². The highest BCUT2D eigenvalue weighted by Crippen LogP contribution is 2.23. The molecular formula is C13H13ClN2O. The second-order valence-corrected chi connectivity index (χ2v) is 4.15. The number of pyridine rings is 1. The molecule has 2 aromatic rings. The van der Waals surface area contributed by atoms with Gasteiger partial charge in [0.1, 0.15) is 5.75 Å². The van der Waals surface area contributed by atoms with Gasteiger partial charge >= 0.3 is 0 Å². The van der Waals surface area contributed by atoms with Gasteiger partial charge in [0.05, 0.1) is 0 Å². The van der Waals surface area contributed by atoms with Crippen molar-refractivity contribution < 1.29 is 4.74 Å². The molecule has 4 heteroatoms. The second-order valence-electron chi connectivity index (χ2n) is 3.71. The summed E-state index contributed by atoms with van der Waals surface area (Å²) < 4.78 is 5.60. The first-order chi connectivity index (χ1) is 8.19. The molecule has 0 unspecified atom stereocenters. The first kappa shape index (κ1) is 11.9. The molecule has 2 N–H and O–H groups in total. The second kappa shape index (κ2) is 5.17. The highest BCUT2D eigenvalue weighted by atomic mass is 35.5. The molecule has 0 radical (unpaired) electrons. The summed E-state index contributed by atoms with van der Waals surface area (Å²) in [6.07, 6.45) is 1.73. The van der Waals surface area contributed by atoms with Gasteiger partial charge in [0, 0.05) is 23.8 Å². The number of nitrogens with zero attached hydrogens (tertiary/aromatic N) is 1. The number of hydrogen-bond acceptors (Lipinski definition) is 3. The van der Waals surface area contributed by atoms with Gasteiger partial charge < -0.3 is 10.5 Å². The van der Waals surface area contributed by atoms with Crippen LogP contribution in [0.5, 0.6) is 11.6 Å². The minimum atomic E-state index is 0.482. The van der Waals surface area contributed by atoms with E-state index < -0.39 is 0 Å². The average Bonchev–Trinajstić information content (AvgIpc) is 2.29. The van der Waals surface area contributed by atoms with Gasteiger partial charge in [-0.2, -0.15) is 0 Å². The molecule has 1 aromatic carbocycles. The van der Waals surface area contributed by atoms with E-state index in [0.717, 1.165) is 11.1 Å². The molecule has 17 heavy (non-hydrogen) atoms. The average molecular weight is 249 g/mol. The molecule has 0 atom stereocenters. The number of rotatable bonds is 3. The Balaban J connectivity index is 2.22. The van der Waals surface area contributed by atoms with Crippen LogP contribution in [0.15, 0.2) is 36.5 Å². The zero-order valence-electron chi connectivity index (χ0n) is 9.48. The highest BCUT2D eigenvalue weighted by Gasteiger charge is 2.02. The summed E-state index contributed by atoms with van der Waals surface area (Å²) in [6, 6.07) is 9.07. The Morgan fingerprint density at radius 2 is 2.18 bits per heavy atom. The van der Waals surface area contributed by atoms with Crippen molar-refractivity contribution in [2.45, 2.75) is 13.5 Å². The van der Waals surface area contributed by atoms with Gasteiger partial charge in [-0.25, -0.2) is 4.98 Å². The summed E-state index contributed by atoms with van der Waals surface area (Å²) in [5.74, 6) is 1.21. The summed E-state index contributed by atoms with van der Waals surface area (Å²) >= 11 is 5.87. The van der Waals surface area contributed by atoms with Crippen LogP contribution in [0.1, 0.15) is 11.1 Å². The maximum absolute atomic E-state index is 5.87. The Bertz CT molecular complexity index is 529. The van der Waals surface area contributed by atoms with Crippen molar-refractivity contribution in [2.24, 2.45) is 5.73 Å². The molecule has 0 saturated heterocycles. The predicted molar refractivity (Wildman–Crippen MR) is 68.4 cm³/mol. The topological polar surface area (TPSA) is 48.1 Å². The van der Waals surface area contributed by atoms with Gasteiger partial charge in [-0.05, 0) is 36.2 Å². The molecule has 0 aliphatic carbocycles. The Kier molecular flexibility index (Phi) is 3.61. The quantitative estimate of drug-likeness (QED) is 0.907. The van der Waals surface area contributed by atoms with Gasteiger partial charge in [0.15, 0.2) is 0 Å². The lowest BCUT2D eigenvalue weighted by Crippen LogP contribution is -2.00. The summed E-state index contributed by atoms with van der Waals surface area (Å²) in [6.45, 7) is 2.46. The van der Waals surface area contributed by atoms with Crippen LogP contribution >= 0.6 is 11.6 Å². The van der Waals surface area contributed by atoms with E-state index in [2.05, 4.69) is 4.98 Å². The molecule has 0 spiro atoms. The molecule has 0 aliphatic rings. The van der Waals surface area contributed by atoms with E-state index in [4.69, 9.17) is 22.1 Å². The number of aromatic nitrogens is 1. The first-order valence-electron chi connectivity index (χ1n) is 5.28. The largest absolute Gasteiger partial charge is 0.439 e. The number of benzene rings is 1. The molecule has 3 nitrogen and oxygen atoms in total. The van der Waals surface area contributed by atoms with Gasteiger partial charge in [-0.3, -0.25) is 0 Å². The van der Waals surface area contributed by atoms with E-state index in [-0.39, 0.29) is 0 Å². The Hall–Kier alpha value is -1.58. The van der Waals surface area contributed by atoms with Crippen molar-refractivity contribution in [2.75, 3.05) is 0 Å². The maximum Gasteiger partial charge on any atom is 0.219 e. The summed E-state index contributed by atoms with van der Waals surface area (Å²) in [7, 11) is 0. The highest BCUT2D eigenvalue weighted by molar-refractivity contribution is 6.30. The van der Waals surface area contributed by atoms with E-state index >= 15 is 0 Å². The molecule has 0 aliphatic heterocycles. The minimum Gasteiger partial charge on any atom is -0.439 e. The van der Waals surface area contributed by atoms with Gasteiger partial charge in [0.25, 0.3) is 0 Å². The third-order valence-electron chi connectivity index (χ3n) is 2.43. The maximum atomic E-state index is 5.87. The standard InChI is InChI=1S/C13H13ClN2O/c1-9-5-13(16-8-10(9)7-15)17-12-4-2-3-11(14)6-12/h2-6,8H,7,15H2,1H3. The van der Waals surface area contributed by atoms with Crippen molar-refractivity contribution in [3.05, 3.63) is 52.7 Å². The van der Waals surface area contributed by atoms with Gasteiger partial charge in [-0.1, -0.05) is 17.7 Å². The fraction of sp³-hybridized carbons (Fsp3) is 0.154. The molecule has 0 saturated carbocycles. The molecule has 1 heterocycles. The van der Waals surface area contributed by atoms with Crippen molar-refractivity contribution in [3.63, 3.8) is 0 Å². The van der Waals surface area contributed by atoms with Crippen LogP contribution in [0.3, 0.4) is 0 Å². The van der Waals surface area contributed by atoms with Crippen LogP contribution in [0.2, 0.25) is 5.02 Å². The lowest BCUT2D eigenvalue weighted by Gasteiger charge is -2.07. The number of ether oxygens (including phenoxy) is 1. The van der Waals surface area contributed by atoms with Gasteiger partial charge in [-0.15, -0.1) is 0 Å². The van der Waals surface area contributed by atoms with E-state index in [1.54, 1.807) is 18.3 Å².